The number of anilines is 2. The van der Waals surface area contributed by atoms with Crippen molar-refractivity contribution >= 4 is 23.4 Å². The fourth-order valence-electron chi connectivity index (χ4n) is 3.33. The van der Waals surface area contributed by atoms with Crippen molar-refractivity contribution in [2.45, 2.75) is 6.54 Å². The molecule has 0 aliphatic rings. The molecule has 35 heavy (non-hydrogen) atoms. The van der Waals surface area contributed by atoms with Crippen molar-refractivity contribution in [2.75, 3.05) is 44.6 Å². The molecule has 2 aromatic carbocycles. The van der Waals surface area contributed by atoms with Gasteiger partial charge in [0.15, 0.2) is 12.3 Å². The normalized spacial score (nSPS) is 10.6. The first-order valence-corrected chi connectivity index (χ1v) is 10.6. The van der Waals surface area contributed by atoms with Crippen LogP contribution in [-0.2, 0) is 20.8 Å². The summed E-state index contributed by atoms with van der Waals surface area (Å²) in [5.74, 6) is -1.06. The molecule has 11 heteroatoms. The number of aromatic nitrogens is 2. The molecule has 1 heterocycles. The molecule has 0 saturated carbocycles. The Morgan fingerprint density at radius 3 is 2.49 bits per heavy atom. The van der Waals surface area contributed by atoms with E-state index in [4.69, 9.17) is 15.2 Å². The SMILES string of the molecule is COCCN(C(=O)c1cccc(OCC(=O)OC)c1)c1c(N)n(Cc2ccccc2)c(=O)[nH]c1=O. The Labute approximate surface area is 200 Å². The number of hydrogen-bond donors (Lipinski definition) is 2. The molecule has 0 fully saturated rings. The zero-order valence-electron chi connectivity index (χ0n) is 19.4. The van der Waals surface area contributed by atoms with E-state index in [1.54, 1.807) is 12.1 Å². The largest absolute Gasteiger partial charge is 0.482 e. The van der Waals surface area contributed by atoms with Gasteiger partial charge in [0, 0.05) is 19.2 Å². The first kappa shape index (κ1) is 25.2. The van der Waals surface area contributed by atoms with Crippen LogP contribution in [0.25, 0.3) is 0 Å². The van der Waals surface area contributed by atoms with Gasteiger partial charge in [-0.15, -0.1) is 0 Å². The zero-order valence-corrected chi connectivity index (χ0v) is 19.4. The number of benzene rings is 2. The van der Waals surface area contributed by atoms with E-state index in [0.29, 0.717) is 0 Å². The highest BCUT2D eigenvalue weighted by atomic mass is 16.6. The number of amides is 1. The Balaban J connectivity index is 2.01. The Kier molecular flexibility index (Phi) is 8.41. The Hall–Kier alpha value is -4.38. The topological polar surface area (TPSA) is 146 Å². The molecule has 0 saturated heterocycles. The second-order valence-electron chi connectivity index (χ2n) is 7.41. The minimum Gasteiger partial charge on any atom is -0.482 e. The van der Waals surface area contributed by atoms with Crippen molar-refractivity contribution in [3.63, 3.8) is 0 Å². The number of hydrogen-bond acceptors (Lipinski definition) is 8. The van der Waals surface area contributed by atoms with Crippen molar-refractivity contribution in [1.82, 2.24) is 9.55 Å². The predicted molar refractivity (Wildman–Crippen MR) is 129 cm³/mol. The Morgan fingerprint density at radius 1 is 1.06 bits per heavy atom. The second-order valence-corrected chi connectivity index (χ2v) is 7.41. The highest BCUT2D eigenvalue weighted by Gasteiger charge is 2.25. The van der Waals surface area contributed by atoms with Gasteiger partial charge in [-0.25, -0.2) is 9.59 Å². The van der Waals surface area contributed by atoms with E-state index >= 15 is 0 Å². The van der Waals surface area contributed by atoms with Crippen LogP contribution in [0.2, 0.25) is 0 Å². The van der Waals surface area contributed by atoms with E-state index in [1.807, 2.05) is 30.3 Å². The molecule has 0 atom stereocenters. The summed E-state index contributed by atoms with van der Waals surface area (Å²) in [5.41, 5.74) is 5.55. The number of esters is 1. The molecule has 0 radical (unpaired) electrons. The summed E-state index contributed by atoms with van der Waals surface area (Å²) in [6, 6.07) is 15.2. The van der Waals surface area contributed by atoms with Crippen LogP contribution in [0.3, 0.4) is 0 Å². The predicted octanol–water partition coefficient (Wildman–Crippen LogP) is 1.01. The summed E-state index contributed by atoms with van der Waals surface area (Å²) in [5, 5.41) is 0. The lowest BCUT2D eigenvalue weighted by Gasteiger charge is -2.24. The van der Waals surface area contributed by atoms with Gasteiger partial charge in [-0.05, 0) is 23.8 Å². The lowest BCUT2D eigenvalue weighted by atomic mass is 10.1. The number of rotatable bonds is 10. The zero-order chi connectivity index (χ0) is 25.4. The minimum atomic E-state index is -0.806. The van der Waals surface area contributed by atoms with Gasteiger partial charge in [0.1, 0.15) is 11.6 Å². The molecular weight excluding hydrogens is 456 g/mol. The molecule has 3 aromatic rings. The monoisotopic (exact) mass is 482 g/mol. The van der Waals surface area contributed by atoms with Crippen molar-refractivity contribution in [1.29, 1.82) is 0 Å². The van der Waals surface area contributed by atoms with Crippen molar-refractivity contribution in [3.8, 4) is 5.75 Å². The number of nitrogens with one attached hydrogen (secondary N) is 1. The van der Waals surface area contributed by atoms with Gasteiger partial charge in [-0.1, -0.05) is 36.4 Å². The first-order chi connectivity index (χ1) is 16.8. The summed E-state index contributed by atoms with van der Waals surface area (Å²) in [7, 11) is 2.69. The molecule has 184 valence electrons. The second kappa shape index (κ2) is 11.7. The van der Waals surface area contributed by atoms with Gasteiger partial charge in [-0.2, -0.15) is 0 Å². The van der Waals surface area contributed by atoms with Gasteiger partial charge in [-0.3, -0.25) is 24.0 Å². The minimum absolute atomic E-state index is 0.0145. The van der Waals surface area contributed by atoms with Gasteiger partial charge < -0.3 is 19.9 Å². The number of nitrogens with zero attached hydrogens (tertiary/aromatic N) is 2. The summed E-state index contributed by atoms with van der Waals surface area (Å²) in [6.45, 7) is -0.155. The van der Waals surface area contributed by atoms with Gasteiger partial charge in [0.05, 0.1) is 20.3 Å². The maximum Gasteiger partial charge on any atom is 0.343 e. The highest BCUT2D eigenvalue weighted by molar-refractivity contribution is 6.07. The van der Waals surface area contributed by atoms with Crippen LogP contribution in [0.4, 0.5) is 11.5 Å². The summed E-state index contributed by atoms with van der Waals surface area (Å²) in [6.07, 6.45) is 0. The number of methoxy groups -OCH3 is 2. The van der Waals surface area contributed by atoms with Gasteiger partial charge >= 0.3 is 11.7 Å². The molecule has 11 nitrogen and oxygen atoms in total. The third kappa shape index (κ3) is 6.15. The van der Waals surface area contributed by atoms with E-state index in [2.05, 4.69) is 9.72 Å². The third-order valence-corrected chi connectivity index (χ3v) is 5.10. The summed E-state index contributed by atoms with van der Waals surface area (Å²) < 4.78 is 16.2. The molecule has 0 aliphatic heterocycles. The average Bonchev–Trinajstić information content (AvgIpc) is 2.87. The van der Waals surface area contributed by atoms with Crippen molar-refractivity contribution in [2.24, 2.45) is 0 Å². The van der Waals surface area contributed by atoms with Gasteiger partial charge in [0.2, 0.25) is 0 Å². The lowest BCUT2D eigenvalue weighted by molar-refractivity contribution is -0.142. The molecule has 3 N–H and O–H groups in total. The Morgan fingerprint density at radius 2 is 1.80 bits per heavy atom. The van der Waals surface area contributed by atoms with Crippen LogP contribution in [0.1, 0.15) is 15.9 Å². The maximum absolute atomic E-state index is 13.5. The molecule has 0 bridgehead atoms. The highest BCUT2D eigenvalue weighted by Crippen LogP contribution is 2.22. The first-order valence-electron chi connectivity index (χ1n) is 10.6. The number of nitrogen functional groups attached to an aromatic ring is 1. The number of ether oxygens (including phenoxy) is 3. The standard InChI is InChI=1S/C24H26N4O7/c1-33-12-11-27(23(31)17-9-6-10-18(13-17)35-15-19(29)34-2)20-21(25)28(24(32)26-22(20)30)14-16-7-4-3-5-8-16/h3-10,13H,11-12,14-15,25H2,1-2H3,(H,26,30,32). The molecule has 1 aromatic heterocycles. The lowest BCUT2D eigenvalue weighted by Crippen LogP contribution is -2.42. The van der Waals surface area contributed by atoms with E-state index in [0.717, 1.165) is 10.5 Å². The van der Waals surface area contributed by atoms with Crippen molar-refractivity contribution in [3.05, 3.63) is 86.6 Å². The smallest absolute Gasteiger partial charge is 0.343 e. The molecular formula is C24H26N4O7. The maximum atomic E-state index is 13.5. The number of aromatic amines is 1. The summed E-state index contributed by atoms with van der Waals surface area (Å²) in [4.78, 5) is 53.6. The molecule has 3 rings (SSSR count). The third-order valence-electron chi connectivity index (χ3n) is 5.10. The van der Waals surface area contributed by atoms with Crippen LogP contribution in [0.5, 0.6) is 5.75 Å². The van der Waals surface area contributed by atoms with E-state index < -0.39 is 23.1 Å². The molecule has 0 unspecified atom stereocenters. The fraction of sp³-hybridized carbons (Fsp3) is 0.250. The fourth-order valence-corrected chi connectivity index (χ4v) is 3.33. The van der Waals surface area contributed by atoms with Crippen LogP contribution in [0.15, 0.2) is 64.2 Å². The molecule has 0 aliphatic carbocycles. The number of nitrogens with two attached hydrogens (primary N) is 1. The molecule has 0 spiro atoms. The van der Waals surface area contributed by atoms with E-state index in [9.17, 15) is 19.2 Å². The number of carbonyl (C=O) groups excluding carboxylic acids is 2. The number of H-pyrrole nitrogens is 1. The van der Waals surface area contributed by atoms with Crippen LogP contribution < -0.4 is 26.6 Å². The van der Waals surface area contributed by atoms with Crippen molar-refractivity contribution < 1.29 is 23.8 Å². The van der Waals surface area contributed by atoms with Crippen LogP contribution in [0, 0.1) is 0 Å². The average molecular weight is 482 g/mol. The molecule has 1 amide bonds. The van der Waals surface area contributed by atoms with Gasteiger partial charge in [0.25, 0.3) is 11.5 Å². The van der Waals surface area contributed by atoms with E-state index in [-0.39, 0.29) is 49.1 Å². The van der Waals surface area contributed by atoms with Crippen LogP contribution in [-0.4, -0.2) is 55.4 Å². The van der Waals surface area contributed by atoms with E-state index in [1.165, 1.54) is 30.9 Å². The summed E-state index contributed by atoms with van der Waals surface area (Å²) >= 11 is 0. The Bertz CT molecular complexity index is 1300. The van der Waals surface area contributed by atoms with Crippen LogP contribution >= 0.6 is 0 Å². The number of carbonyl (C=O) groups is 2. The quantitative estimate of drug-likeness (QED) is 0.407.